The summed E-state index contributed by atoms with van der Waals surface area (Å²) >= 11 is 2.01. The van der Waals surface area contributed by atoms with Gasteiger partial charge in [-0.3, -0.25) is 0 Å². The number of hydrogen-bond donors (Lipinski definition) is 1. The van der Waals surface area contributed by atoms with Crippen molar-refractivity contribution >= 4 is 11.8 Å². The van der Waals surface area contributed by atoms with Crippen LogP contribution in [0.25, 0.3) is 0 Å². The van der Waals surface area contributed by atoms with Crippen molar-refractivity contribution in [2.75, 3.05) is 26.0 Å². The van der Waals surface area contributed by atoms with Gasteiger partial charge in [0, 0.05) is 5.75 Å². The molecule has 1 fully saturated rings. The molecule has 1 saturated heterocycles. The Labute approximate surface area is 95.4 Å². The van der Waals surface area contributed by atoms with E-state index in [0.717, 1.165) is 17.4 Å². The molecule has 2 nitrogen and oxygen atoms in total. The van der Waals surface area contributed by atoms with Gasteiger partial charge < -0.3 is 10.1 Å². The molecule has 82 valence electrons. The third-order valence-corrected chi connectivity index (χ3v) is 3.87. The maximum absolute atomic E-state index is 5.20. The van der Waals surface area contributed by atoms with Crippen molar-refractivity contribution in [3.63, 3.8) is 0 Å². The van der Waals surface area contributed by atoms with Gasteiger partial charge in [0.2, 0.25) is 0 Å². The fourth-order valence-corrected chi connectivity index (χ4v) is 2.67. The highest BCUT2D eigenvalue weighted by molar-refractivity contribution is 7.98. The second-order valence-electron chi connectivity index (χ2n) is 3.89. The summed E-state index contributed by atoms with van der Waals surface area (Å²) in [5.74, 6) is 4.21. The van der Waals surface area contributed by atoms with Crippen molar-refractivity contribution in [1.29, 1.82) is 0 Å². The van der Waals surface area contributed by atoms with Crippen LogP contribution in [-0.4, -0.2) is 26.0 Å². The van der Waals surface area contributed by atoms with Gasteiger partial charge in [-0.25, -0.2) is 0 Å². The summed E-state index contributed by atoms with van der Waals surface area (Å²) in [6.45, 7) is 2.40. The van der Waals surface area contributed by atoms with E-state index in [-0.39, 0.29) is 0 Å². The van der Waals surface area contributed by atoms with E-state index in [9.17, 15) is 0 Å². The Morgan fingerprint density at radius 1 is 1.47 bits per heavy atom. The van der Waals surface area contributed by atoms with Crippen molar-refractivity contribution in [3.8, 4) is 5.75 Å². The molecule has 0 bridgehead atoms. The first kappa shape index (κ1) is 10.8. The van der Waals surface area contributed by atoms with Gasteiger partial charge in [0.25, 0.3) is 0 Å². The van der Waals surface area contributed by atoms with E-state index in [1.165, 1.54) is 24.4 Å². The van der Waals surface area contributed by atoms with Crippen LogP contribution in [0, 0.1) is 5.92 Å². The highest BCUT2D eigenvalue weighted by Crippen LogP contribution is 2.20. The zero-order chi connectivity index (χ0) is 10.5. The van der Waals surface area contributed by atoms with Gasteiger partial charge in [0.15, 0.2) is 0 Å². The van der Waals surface area contributed by atoms with E-state index in [1.54, 1.807) is 7.11 Å². The standard InChI is InChI=1S/C12H17NOS/c1-14-12-4-2-3-10(5-12)8-15-9-11-6-13-7-11/h2-5,11,13H,6-9H2,1H3. The summed E-state index contributed by atoms with van der Waals surface area (Å²) < 4.78 is 5.20. The first-order valence-corrected chi connectivity index (χ1v) is 6.45. The molecule has 0 aliphatic carbocycles. The maximum Gasteiger partial charge on any atom is 0.119 e. The van der Waals surface area contributed by atoms with Crippen LogP contribution >= 0.6 is 11.8 Å². The SMILES string of the molecule is COc1cccc(CSCC2CNC2)c1. The number of benzene rings is 1. The molecule has 1 N–H and O–H groups in total. The van der Waals surface area contributed by atoms with Crippen LogP contribution in [-0.2, 0) is 5.75 Å². The highest BCUT2D eigenvalue weighted by atomic mass is 32.2. The highest BCUT2D eigenvalue weighted by Gasteiger charge is 2.15. The van der Waals surface area contributed by atoms with Crippen molar-refractivity contribution in [2.45, 2.75) is 5.75 Å². The fourth-order valence-electron chi connectivity index (χ4n) is 1.57. The number of hydrogen-bond acceptors (Lipinski definition) is 3. The largest absolute Gasteiger partial charge is 0.497 e. The first-order chi connectivity index (χ1) is 7.38. The van der Waals surface area contributed by atoms with Gasteiger partial charge in [-0.15, -0.1) is 0 Å². The van der Waals surface area contributed by atoms with Crippen LogP contribution in [0.3, 0.4) is 0 Å². The normalized spacial score (nSPS) is 16.1. The smallest absolute Gasteiger partial charge is 0.119 e. The number of thioether (sulfide) groups is 1. The Morgan fingerprint density at radius 3 is 3.00 bits per heavy atom. The van der Waals surface area contributed by atoms with E-state index < -0.39 is 0 Å². The van der Waals surface area contributed by atoms with Crippen molar-refractivity contribution in [1.82, 2.24) is 5.32 Å². The summed E-state index contributed by atoms with van der Waals surface area (Å²) in [4.78, 5) is 0. The van der Waals surface area contributed by atoms with Gasteiger partial charge >= 0.3 is 0 Å². The molecule has 1 heterocycles. The first-order valence-electron chi connectivity index (χ1n) is 5.30. The minimum atomic E-state index is 0.889. The van der Waals surface area contributed by atoms with Crippen LogP contribution in [0.1, 0.15) is 5.56 Å². The molecule has 1 aliphatic rings. The lowest BCUT2D eigenvalue weighted by atomic mass is 10.1. The Morgan fingerprint density at radius 2 is 2.33 bits per heavy atom. The lowest BCUT2D eigenvalue weighted by Crippen LogP contribution is -2.43. The van der Waals surface area contributed by atoms with Gasteiger partial charge in [-0.05, 0) is 42.5 Å². The average Bonchev–Trinajstić information content (AvgIpc) is 2.22. The minimum Gasteiger partial charge on any atom is -0.497 e. The van der Waals surface area contributed by atoms with Crippen molar-refractivity contribution in [2.24, 2.45) is 5.92 Å². The molecule has 3 heteroatoms. The molecule has 0 spiro atoms. The monoisotopic (exact) mass is 223 g/mol. The zero-order valence-electron chi connectivity index (χ0n) is 9.03. The number of nitrogens with one attached hydrogen (secondary N) is 1. The lowest BCUT2D eigenvalue weighted by molar-refractivity contribution is 0.385. The van der Waals surface area contributed by atoms with Gasteiger partial charge in [0.1, 0.15) is 5.75 Å². The Kier molecular flexibility index (Phi) is 3.92. The molecule has 0 saturated carbocycles. The Bertz CT molecular complexity index is 312. The van der Waals surface area contributed by atoms with Crippen LogP contribution < -0.4 is 10.1 Å². The Hall–Kier alpha value is -0.670. The van der Waals surface area contributed by atoms with Crippen molar-refractivity contribution < 1.29 is 4.74 Å². The average molecular weight is 223 g/mol. The van der Waals surface area contributed by atoms with Gasteiger partial charge in [-0.1, -0.05) is 12.1 Å². The molecule has 0 unspecified atom stereocenters. The molecule has 0 atom stereocenters. The van der Waals surface area contributed by atoms with Crippen LogP contribution in [0.4, 0.5) is 0 Å². The molecule has 0 amide bonds. The van der Waals surface area contributed by atoms with E-state index >= 15 is 0 Å². The summed E-state index contributed by atoms with van der Waals surface area (Å²) in [6, 6.07) is 8.32. The molecule has 1 aromatic carbocycles. The summed E-state index contributed by atoms with van der Waals surface area (Å²) in [5, 5.41) is 3.29. The van der Waals surface area contributed by atoms with Crippen LogP contribution in [0.5, 0.6) is 5.75 Å². The van der Waals surface area contributed by atoms with Crippen LogP contribution in [0.2, 0.25) is 0 Å². The van der Waals surface area contributed by atoms with E-state index in [1.807, 2.05) is 17.8 Å². The van der Waals surface area contributed by atoms with Gasteiger partial charge in [0.05, 0.1) is 7.11 Å². The molecule has 1 aromatic rings. The third kappa shape index (κ3) is 3.14. The Balaban J connectivity index is 1.76. The second kappa shape index (κ2) is 5.42. The summed E-state index contributed by atoms with van der Waals surface area (Å²) in [5.41, 5.74) is 1.35. The lowest BCUT2D eigenvalue weighted by Gasteiger charge is -2.26. The maximum atomic E-state index is 5.20. The summed E-state index contributed by atoms with van der Waals surface area (Å²) in [7, 11) is 1.71. The number of rotatable bonds is 5. The molecular weight excluding hydrogens is 206 g/mol. The molecule has 2 rings (SSSR count). The fraction of sp³-hybridized carbons (Fsp3) is 0.500. The topological polar surface area (TPSA) is 21.3 Å². The molecule has 0 aromatic heterocycles. The number of ether oxygens (including phenoxy) is 1. The quantitative estimate of drug-likeness (QED) is 0.826. The molecule has 0 radical (unpaired) electrons. The minimum absolute atomic E-state index is 0.889. The van der Waals surface area contributed by atoms with Gasteiger partial charge in [-0.2, -0.15) is 11.8 Å². The van der Waals surface area contributed by atoms with E-state index in [4.69, 9.17) is 4.74 Å². The number of methoxy groups -OCH3 is 1. The second-order valence-corrected chi connectivity index (χ2v) is 4.92. The van der Waals surface area contributed by atoms with Crippen molar-refractivity contribution in [3.05, 3.63) is 29.8 Å². The predicted molar refractivity (Wildman–Crippen MR) is 65.5 cm³/mol. The predicted octanol–water partition coefficient (Wildman–Crippen LogP) is 2.15. The molecule has 1 aliphatic heterocycles. The van der Waals surface area contributed by atoms with E-state index in [0.29, 0.717) is 0 Å². The summed E-state index contributed by atoms with van der Waals surface area (Å²) in [6.07, 6.45) is 0. The third-order valence-electron chi connectivity index (χ3n) is 2.62. The molecule has 15 heavy (non-hydrogen) atoms. The van der Waals surface area contributed by atoms with Crippen LogP contribution in [0.15, 0.2) is 24.3 Å². The zero-order valence-corrected chi connectivity index (χ0v) is 9.85. The van der Waals surface area contributed by atoms with E-state index in [2.05, 4.69) is 23.5 Å². The molecular formula is C12H17NOS.